The lowest BCUT2D eigenvalue weighted by Gasteiger charge is -2.19. The van der Waals surface area contributed by atoms with E-state index in [-0.39, 0.29) is 18.3 Å². The molecule has 4 aromatic rings. The molecule has 39 heavy (non-hydrogen) atoms. The van der Waals surface area contributed by atoms with Crippen LogP contribution in [0.4, 0.5) is 5.69 Å². The number of hydrogen-bond acceptors (Lipinski definition) is 6. The molecule has 0 aliphatic carbocycles. The molecular formula is C32H30ClN3O3. The van der Waals surface area contributed by atoms with Gasteiger partial charge in [-0.05, 0) is 75.6 Å². The molecule has 0 fully saturated rings. The zero-order valence-electron chi connectivity index (χ0n) is 22.3. The molecule has 6 nitrogen and oxygen atoms in total. The van der Waals surface area contributed by atoms with Gasteiger partial charge in [-0.25, -0.2) is 4.98 Å². The molecule has 4 rings (SSSR count). The van der Waals surface area contributed by atoms with E-state index in [0.717, 1.165) is 22.2 Å². The topological polar surface area (TPSA) is 92.1 Å². The number of aryl methyl sites for hydroxylation is 1. The molecule has 0 spiro atoms. The number of para-hydroxylation sites is 2. The van der Waals surface area contributed by atoms with E-state index < -0.39 is 5.60 Å². The zero-order chi connectivity index (χ0) is 28.0. The van der Waals surface area contributed by atoms with Crippen molar-refractivity contribution < 1.29 is 14.3 Å². The molecule has 0 saturated carbocycles. The van der Waals surface area contributed by atoms with Crippen LogP contribution in [-0.4, -0.2) is 28.9 Å². The van der Waals surface area contributed by atoms with Crippen LogP contribution in [0.3, 0.4) is 0 Å². The molecule has 1 N–H and O–H groups in total. The Morgan fingerprint density at radius 3 is 2.54 bits per heavy atom. The van der Waals surface area contributed by atoms with E-state index in [1.54, 1.807) is 24.3 Å². The number of aromatic nitrogens is 1. The first-order valence-electron chi connectivity index (χ1n) is 12.8. The Morgan fingerprint density at radius 2 is 1.77 bits per heavy atom. The van der Waals surface area contributed by atoms with Crippen molar-refractivity contribution in [3.63, 3.8) is 0 Å². The highest BCUT2D eigenvalue weighted by atomic mass is 35.5. The SMILES string of the molecule is CC(C)(C)OC(=O)CCCc1ccccc1NCC(=O)c1ccc(Cl)c(-c2nc3ccccc3cc2C#N)c1. The summed E-state index contributed by atoms with van der Waals surface area (Å²) in [7, 11) is 0. The predicted octanol–water partition coefficient (Wildman–Crippen LogP) is 7.39. The Kier molecular flexibility index (Phi) is 8.63. The number of ketones is 1. The monoisotopic (exact) mass is 539 g/mol. The number of carbonyl (C=O) groups is 2. The van der Waals surface area contributed by atoms with E-state index in [1.807, 2.05) is 69.3 Å². The van der Waals surface area contributed by atoms with Crippen molar-refractivity contribution in [2.24, 2.45) is 0 Å². The molecule has 0 aliphatic heterocycles. The number of fused-ring (bicyclic) bond motifs is 1. The molecule has 198 valence electrons. The summed E-state index contributed by atoms with van der Waals surface area (Å²) in [6.45, 7) is 5.63. The molecule has 1 heterocycles. The van der Waals surface area contributed by atoms with Crippen molar-refractivity contribution in [2.75, 3.05) is 11.9 Å². The molecule has 0 aliphatic rings. The highest BCUT2D eigenvalue weighted by Gasteiger charge is 2.17. The maximum atomic E-state index is 13.2. The summed E-state index contributed by atoms with van der Waals surface area (Å²) in [4.78, 5) is 29.9. The quantitative estimate of drug-likeness (QED) is 0.176. The van der Waals surface area contributed by atoms with Gasteiger partial charge in [0.15, 0.2) is 5.78 Å². The molecule has 1 aromatic heterocycles. The lowest BCUT2D eigenvalue weighted by molar-refractivity contribution is -0.154. The van der Waals surface area contributed by atoms with Gasteiger partial charge in [0.2, 0.25) is 0 Å². The average molecular weight is 540 g/mol. The van der Waals surface area contributed by atoms with Gasteiger partial charge in [-0.15, -0.1) is 0 Å². The predicted molar refractivity (Wildman–Crippen MR) is 155 cm³/mol. The summed E-state index contributed by atoms with van der Waals surface area (Å²) in [6, 6.07) is 24.3. The van der Waals surface area contributed by atoms with E-state index in [2.05, 4.69) is 16.4 Å². The third kappa shape index (κ3) is 7.22. The second kappa shape index (κ2) is 12.1. The van der Waals surface area contributed by atoms with Crippen molar-refractivity contribution in [3.8, 4) is 17.3 Å². The standard InChI is InChI=1S/C32H30ClN3O3/c1-32(2,3)39-30(38)14-8-11-21-9-4-6-12-27(21)35-20-29(37)23-15-16-26(33)25(18-23)31-24(19-34)17-22-10-5-7-13-28(22)36-31/h4-7,9-10,12-13,15-18,35H,8,11,14,20H2,1-3H3. The van der Waals surface area contributed by atoms with Gasteiger partial charge in [0.05, 0.1) is 28.3 Å². The fourth-order valence-corrected chi connectivity index (χ4v) is 4.50. The van der Waals surface area contributed by atoms with Crippen LogP contribution in [0.25, 0.3) is 22.2 Å². The van der Waals surface area contributed by atoms with Crippen LogP contribution in [0.1, 0.15) is 55.1 Å². The number of benzene rings is 3. The second-order valence-corrected chi connectivity index (χ2v) is 10.7. The number of pyridine rings is 1. The number of rotatable bonds is 9. The third-order valence-electron chi connectivity index (χ3n) is 6.09. The van der Waals surface area contributed by atoms with E-state index in [1.165, 1.54) is 0 Å². The maximum Gasteiger partial charge on any atom is 0.306 e. The Labute approximate surface area is 233 Å². The molecular weight excluding hydrogens is 510 g/mol. The maximum absolute atomic E-state index is 13.2. The van der Waals surface area contributed by atoms with E-state index >= 15 is 0 Å². The van der Waals surface area contributed by atoms with Crippen LogP contribution in [0, 0.1) is 11.3 Å². The summed E-state index contributed by atoms with van der Waals surface area (Å²) in [6.07, 6.45) is 1.64. The zero-order valence-corrected chi connectivity index (χ0v) is 23.0. The van der Waals surface area contributed by atoms with Gasteiger partial charge < -0.3 is 10.1 Å². The Balaban J connectivity index is 1.47. The number of halogens is 1. The van der Waals surface area contributed by atoms with Gasteiger partial charge in [0.25, 0.3) is 0 Å². The molecule has 0 amide bonds. The lowest BCUT2D eigenvalue weighted by atomic mass is 10.00. The fraction of sp³-hybridized carbons (Fsp3) is 0.250. The summed E-state index contributed by atoms with van der Waals surface area (Å²) in [5, 5.41) is 14.3. The van der Waals surface area contributed by atoms with Crippen LogP contribution in [-0.2, 0) is 16.0 Å². The highest BCUT2D eigenvalue weighted by molar-refractivity contribution is 6.33. The van der Waals surface area contributed by atoms with Crippen molar-refractivity contribution in [1.29, 1.82) is 5.26 Å². The fourth-order valence-electron chi connectivity index (χ4n) is 4.29. The Morgan fingerprint density at radius 1 is 1.03 bits per heavy atom. The average Bonchev–Trinajstić information content (AvgIpc) is 2.91. The van der Waals surface area contributed by atoms with Gasteiger partial charge in [-0.3, -0.25) is 9.59 Å². The normalized spacial score (nSPS) is 11.2. The summed E-state index contributed by atoms with van der Waals surface area (Å²) in [5.74, 6) is -0.349. The number of nitrogens with zero attached hydrogens (tertiary/aromatic N) is 2. The number of esters is 1. The summed E-state index contributed by atoms with van der Waals surface area (Å²) >= 11 is 6.51. The number of anilines is 1. The van der Waals surface area contributed by atoms with Crippen LogP contribution in [0.2, 0.25) is 5.02 Å². The molecule has 0 radical (unpaired) electrons. The van der Waals surface area contributed by atoms with E-state index in [9.17, 15) is 14.9 Å². The summed E-state index contributed by atoms with van der Waals surface area (Å²) in [5.41, 5.74) is 3.92. The largest absolute Gasteiger partial charge is 0.460 e. The number of hydrogen-bond donors (Lipinski definition) is 1. The molecule has 7 heteroatoms. The van der Waals surface area contributed by atoms with Crippen LogP contribution in [0.5, 0.6) is 0 Å². The number of ether oxygens (including phenoxy) is 1. The van der Waals surface area contributed by atoms with E-state index in [4.69, 9.17) is 16.3 Å². The van der Waals surface area contributed by atoms with Crippen molar-refractivity contribution >= 4 is 39.9 Å². The number of nitriles is 1. The Bertz CT molecular complexity index is 1570. The first kappa shape index (κ1) is 27.8. The molecule has 3 aromatic carbocycles. The first-order valence-corrected chi connectivity index (χ1v) is 13.2. The molecule has 0 unspecified atom stereocenters. The second-order valence-electron chi connectivity index (χ2n) is 10.3. The number of Topliss-reactive ketones (excluding diaryl/α,β-unsaturated/α-hetero) is 1. The Hall–Kier alpha value is -4.21. The minimum atomic E-state index is -0.501. The number of carbonyl (C=O) groups excluding carboxylic acids is 2. The third-order valence-corrected chi connectivity index (χ3v) is 6.42. The number of nitrogens with one attached hydrogen (secondary N) is 1. The summed E-state index contributed by atoms with van der Waals surface area (Å²) < 4.78 is 5.39. The molecule has 0 bridgehead atoms. The van der Waals surface area contributed by atoms with Crippen molar-refractivity contribution in [1.82, 2.24) is 4.98 Å². The van der Waals surface area contributed by atoms with Crippen LogP contribution < -0.4 is 5.32 Å². The van der Waals surface area contributed by atoms with Gasteiger partial charge in [-0.2, -0.15) is 5.26 Å². The molecule has 0 atom stereocenters. The minimum absolute atomic E-state index is 0.0698. The lowest BCUT2D eigenvalue weighted by Crippen LogP contribution is -2.23. The van der Waals surface area contributed by atoms with Gasteiger partial charge >= 0.3 is 5.97 Å². The highest BCUT2D eigenvalue weighted by Crippen LogP contribution is 2.32. The van der Waals surface area contributed by atoms with Crippen molar-refractivity contribution in [3.05, 3.63) is 94.5 Å². The van der Waals surface area contributed by atoms with Gasteiger partial charge in [-0.1, -0.05) is 48.0 Å². The van der Waals surface area contributed by atoms with Crippen LogP contribution in [0.15, 0.2) is 72.8 Å². The minimum Gasteiger partial charge on any atom is -0.460 e. The van der Waals surface area contributed by atoms with Gasteiger partial charge in [0, 0.05) is 28.6 Å². The van der Waals surface area contributed by atoms with E-state index in [0.29, 0.717) is 46.7 Å². The van der Waals surface area contributed by atoms with Gasteiger partial charge in [0.1, 0.15) is 11.7 Å². The molecule has 0 saturated heterocycles. The van der Waals surface area contributed by atoms with Crippen molar-refractivity contribution in [2.45, 2.75) is 45.6 Å². The smallest absolute Gasteiger partial charge is 0.306 e. The van der Waals surface area contributed by atoms with Crippen LogP contribution >= 0.6 is 11.6 Å². The first-order chi connectivity index (χ1) is 18.6.